The molecule has 0 unspecified atom stereocenters. The first kappa shape index (κ1) is 15.2. The van der Waals surface area contributed by atoms with Crippen molar-refractivity contribution in [2.75, 3.05) is 13.2 Å². The number of rotatable bonds is 6. The Morgan fingerprint density at radius 1 is 1.14 bits per heavy atom. The lowest BCUT2D eigenvalue weighted by Crippen LogP contribution is -2.38. The summed E-state index contributed by atoms with van der Waals surface area (Å²) in [5.74, 6) is 2.85. The summed E-state index contributed by atoms with van der Waals surface area (Å²) < 4.78 is 11.1. The Kier molecular flexibility index (Phi) is 4.55. The lowest BCUT2D eigenvalue weighted by atomic mass is 9.95. The molecule has 2 aliphatic carbocycles. The molecular formula is C18H25NO3. The summed E-state index contributed by atoms with van der Waals surface area (Å²) in [7, 11) is 0. The molecule has 3 rings (SSSR count). The molecule has 0 saturated heterocycles. The van der Waals surface area contributed by atoms with Crippen LogP contribution in [0.25, 0.3) is 0 Å². The number of ether oxygens (including phenoxy) is 2. The normalized spacial score (nSPS) is 26.0. The van der Waals surface area contributed by atoms with Crippen LogP contribution in [0.15, 0.2) is 18.2 Å². The Labute approximate surface area is 132 Å². The van der Waals surface area contributed by atoms with E-state index in [2.05, 4.69) is 5.32 Å². The zero-order valence-electron chi connectivity index (χ0n) is 13.4. The van der Waals surface area contributed by atoms with Crippen molar-refractivity contribution in [3.63, 3.8) is 0 Å². The predicted octanol–water partition coefficient (Wildman–Crippen LogP) is 3.40. The van der Waals surface area contributed by atoms with Crippen LogP contribution in [-0.4, -0.2) is 25.2 Å². The van der Waals surface area contributed by atoms with Gasteiger partial charge in [-0.25, -0.2) is 0 Å². The highest BCUT2D eigenvalue weighted by molar-refractivity contribution is 5.95. The minimum absolute atomic E-state index is 0.00144. The molecule has 4 nitrogen and oxygen atoms in total. The lowest BCUT2D eigenvalue weighted by molar-refractivity contribution is 0.0922. The van der Waals surface area contributed by atoms with Gasteiger partial charge in [0.2, 0.25) is 0 Å². The van der Waals surface area contributed by atoms with E-state index in [-0.39, 0.29) is 5.91 Å². The third-order valence-electron chi connectivity index (χ3n) is 4.86. The van der Waals surface area contributed by atoms with Crippen LogP contribution in [0.5, 0.6) is 11.5 Å². The van der Waals surface area contributed by atoms with Gasteiger partial charge in [-0.1, -0.05) is 6.42 Å². The molecule has 2 aliphatic rings. The average molecular weight is 303 g/mol. The molecule has 1 amide bonds. The molecule has 0 heterocycles. The zero-order valence-corrected chi connectivity index (χ0v) is 13.4. The Bertz CT molecular complexity index is 543. The quantitative estimate of drug-likeness (QED) is 0.876. The molecule has 3 atom stereocenters. The number of carbonyl (C=O) groups excluding carboxylic acids is 1. The highest BCUT2D eigenvalue weighted by Gasteiger charge is 2.40. The first-order valence-electron chi connectivity index (χ1n) is 8.41. The third kappa shape index (κ3) is 3.06. The summed E-state index contributed by atoms with van der Waals surface area (Å²) in [6.45, 7) is 5.00. The molecule has 0 radical (unpaired) electrons. The minimum Gasteiger partial charge on any atom is -0.490 e. The standard InChI is InChI=1S/C18H25NO3/c1-3-21-16-8-7-14(11-17(16)22-4-2)18(20)19-15-10-12-5-6-13(15)9-12/h7-8,11-13,15H,3-6,9-10H2,1-2H3,(H,19,20)/t12-,13+,15+/m0/s1. The fraction of sp³-hybridized carbons (Fsp3) is 0.611. The summed E-state index contributed by atoms with van der Waals surface area (Å²) in [5, 5.41) is 3.21. The van der Waals surface area contributed by atoms with Crippen molar-refractivity contribution in [1.29, 1.82) is 0 Å². The molecule has 2 saturated carbocycles. The first-order chi connectivity index (χ1) is 10.7. The van der Waals surface area contributed by atoms with Crippen LogP contribution in [0.3, 0.4) is 0 Å². The maximum Gasteiger partial charge on any atom is 0.251 e. The predicted molar refractivity (Wildman–Crippen MR) is 85.5 cm³/mol. The smallest absolute Gasteiger partial charge is 0.251 e. The van der Waals surface area contributed by atoms with Gasteiger partial charge in [-0.3, -0.25) is 4.79 Å². The molecule has 120 valence electrons. The van der Waals surface area contributed by atoms with E-state index >= 15 is 0 Å². The van der Waals surface area contributed by atoms with Gasteiger partial charge in [-0.05, 0) is 63.1 Å². The topological polar surface area (TPSA) is 47.6 Å². The van der Waals surface area contributed by atoms with E-state index in [9.17, 15) is 4.79 Å². The fourth-order valence-electron chi connectivity index (χ4n) is 3.87. The second-order valence-corrected chi connectivity index (χ2v) is 6.28. The summed E-state index contributed by atoms with van der Waals surface area (Å²) in [5.41, 5.74) is 0.648. The first-order valence-corrected chi connectivity index (χ1v) is 8.41. The average Bonchev–Trinajstić information content (AvgIpc) is 3.12. The summed E-state index contributed by atoms with van der Waals surface area (Å²) in [6.07, 6.45) is 5.04. The van der Waals surface area contributed by atoms with E-state index in [1.54, 1.807) is 6.07 Å². The van der Waals surface area contributed by atoms with Crippen molar-refractivity contribution in [2.24, 2.45) is 11.8 Å². The molecule has 1 aromatic carbocycles. The van der Waals surface area contributed by atoms with Crippen LogP contribution in [0.2, 0.25) is 0 Å². The summed E-state index contributed by atoms with van der Waals surface area (Å²) in [6, 6.07) is 5.78. The van der Waals surface area contributed by atoms with Gasteiger partial charge in [0.25, 0.3) is 5.91 Å². The molecule has 2 bridgehead atoms. The second kappa shape index (κ2) is 6.59. The van der Waals surface area contributed by atoms with E-state index in [0.717, 1.165) is 12.3 Å². The van der Waals surface area contributed by atoms with E-state index in [4.69, 9.17) is 9.47 Å². The van der Waals surface area contributed by atoms with Crippen molar-refractivity contribution < 1.29 is 14.3 Å². The van der Waals surface area contributed by atoms with Crippen LogP contribution in [0.4, 0.5) is 0 Å². The van der Waals surface area contributed by atoms with Gasteiger partial charge in [-0.15, -0.1) is 0 Å². The van der Waals surface area contributed by atoms with E-state index in [0.29, 0.717) is 42.2 Å². The Balaban J connectivity index is 1.70. The van der Waals surface area contributed by atoms with Crippen molar-refractivity contribution in [3.05, 3.63) is 23.8 Å². The van der Waals surface area contributed by atoms with Gasteiger partial charge < -0.3 is 14.8 Å². The number of fused-ring (bicyclic) bond motifs is 2. The van der Waals surface area contributed by atoms with Gasteiger partial charge in [0.05, 0.1) is 13.2 Å². The number of benzene rings is 1. The maximum atomic E-state index is 12.5. The molecule has 0 aliphatic heterocycles. The molecule has 1 aromatic rings. The molecule has 0 aromatic heterocycles. The summed E-state index contributed by atoms with van der Waals surface area (Å²) >= 11 is 0. The van der Waals surface area contributed by atoms with Crippen LogP contribution in [0.1, 0.15) is 49.9 Å². The van der Waals surface area contributed by atoms with Crippen LogP contribution in [-0.2, 0) is 0 Å². The van der Waals surface area contributed by atoms with Gasteiger partial charge in [0.15, 0.2) is 11.5 Å². The van der Waals surface area contributed by atoms with E-state index in [1.807, 2.05) is 26.0 Å². The molecule has 4 heteroatoms. The van der Waals surface area contributed by atoms with Gasteiger partial charge in [-0.2, -0.15) is 0 Å². The third-order valence-corrected chi connectivity index (χ3v) is 4.86. The number of hydrogen-bond donors (Lipinski definition) is 1. The second-order valence-electron chi connectivity index (χ2n) is 6.28. The van der Waals surface area contributed by atoms with Crippen molar-refractivity contribution in [3.8, 4) is 11.5 Å². The fourth-order valence-corrected chi connectivity index (χ4v) is 3.87. The number of nitrogens with one attached hydrogen (secondary N) is 1. The largest absolute Gasteiger partial charge is 0.490 e. The highest BCUT2D eigenvalue weighted by atomic mass is 16.5. The lowest BCUT2D eigenvalue weighted by Gasteiger charge is -2.23. The van der Waals surface area contributed by atoms with E-state index < -0.39 is 0 Å². The number of hydrogen-bond acceptors (Lipinski definition) is 3. The highest BCUT2D eigenvalue weighted by Crippen LogP contribution is 2.44. The van der Waals surface area contributed by atoms with Gasteiger partial charge in [0.1, 0.15) is 0 Å². The van der Waals surface area contributed by atoms with Gasteiger partial charge >= 0.3 is 0 Å². The van der Waals surface area contributed by atoms with Crippen molar-refractivity contribution in [1.82, 2.24) is 5.32 Å². The monoisotopic (exact) mass is 303 g/mol. The molecule has 0 spiro atoms. The Morgan fingerprint density at radius 3 is 2.55 bits per heavy atom. The molecule has 2 fully saturated rings. The molecular weight excluding hydrogens is 278 g/mol. The Morgan fingerprint density at radius 2 is 1.91 bits per heavy atom. The van der Waals surface area contributed by atoms with Crippen LogP contribution < -0.4 is 14.8 Å². The van der Waals surface area contributed by atoms with Crippen LogP contribution >= 0.6 is 0 Å². The van der Waals surface area contributed by atoms with Crippen molar-refractivity contribution >= 4 is 5.91 Å². The van der Waals surface area contributed by atoms with Crippen molar-refractivity contribution in [2.45, 2.75) is 45.6 Å². The van der Waals surface area contributed by atoms with Gasteiger partial charge in [0, 0.05) is 11.6 Å². The zero-order chi connectivity index (χ0) is 15.5. The molecule has 1 N–H and O–H groups in total. The molecule has 22 heavy (non-hydrogen) atoms. The number of carbonyl (C=O) groups is 1. The maximum absolute atomic E-state index is 12.5. The Hall–Kier alpha value is -1.71. The SMILES string of the molecule is CCOc1ccc(C(=O)N[C@@H]2C[C@H]3CC[C@@H]2C3)cc1OCC. The summed E-state index contributed by atoms with van der Waals surface area (Å²) in [4.78, 5) is 12.5. The number of amides is 1. The minimum atomic E-state index is 0.00144. The van der Waals surface area contributed by atoms with Crippen LogP contribution in [0, 0.1) is 11.8 Å². The van der Waals surface area contributed by atoms with E-state index in [1.165, 1.54) is 19.3 Å².